The summed E-state index contributed by atoms with van der Waals surface area (Å²) in [6.45, 7) is 4.56. The van der Waals surface area contributed by atoms with Crippen molar-refractivity contribution in [2.45, 2.75) is 45.3 Å². The summed E-state index contributed by atoms with van der Waals surface area (Å²) >= 11 is 0. The second-order valence-electron chi connectivity index (χ2n) is 6.73. The first-order valence-electron chi connectivity index (χ1n) is 9.11. The van der Waals surface area contributed by atoms with Crippen molar-refractivity contribution in [1.82, 2.24) is 5.32 Å². The van der Waals surface area contributed by atoms with Crippen LogP contribution in [0.2, 0.25) is 0 Å². The Morgan fingerprint density at radius 3 is 2.64 bits per heavy atom. The number of para-hydroxylation sites is 1. The molecule has 0 fully saturated rings. The van der Waals surface area contributed by atoms with Crippen LogP contribution in [0.5, 0.6) is 0 Å². The highest BCUT2D eigenvalue weighted by atomic mass is 16.2. The molecule has 1 aliphatic heterocycles. The number of rotatable bonds is 7. The molecule has 3 N–H and O–H groups in total. The van der Waals surface area contributed by atoms with E-state index >= 15 is 0 Å². The Hall–Kier alpha value is -2.33. The molecule has 25 heavy (non-hydrogen) atoms. The highest BCUT2D eigenvalue weighted by Crippen LogP contribution is 2.28. The molecule has 2 aromatic carbocycles. The maximum atomic E-state index is 11.9. The van der Waals surface area contributed by atoms with Gasteiger partial charge in [0.05, 0.1) is 6.04 Å². The van der Waals surface area contributed by atoms with E-state index in [0.29, 0.717) is 6.54 Å². The van der Waals surface area contributed by atoms with E-state index in [1.54, 1.807) is 0 Å². The maximum Gasteiger partial charge on any atom is 0.237 e. The van der Waals surface area contributed by atoms with Crippen LogP contribution in [-0.4, -0.2) is 18.5 Å². The van der Waals surface area contributed by atoms with Crippen LogP contribution in [0.1, 0.15) is 36.5 Å². The molecule has 4 heteroatoms. The number of fused-ring (bicyclic) bond motifs is 1. The lowest BCUT2D eigenvalue weighted by Crippen LogP contribution is -2.40. The summed E-state index contributed by atoms with van der Waals surface area (Å²) in [5, 5.41) is 2.91. The average molecular weight is 337 g/mol. The molecule has 4 nitrogen and oxygen atoms in total. The first kappa shape index (κ1) is 17.5. The number of hydrogen-bond acceptors (Lipinski definition) is 3. The van der Waals surface area contributed by atoms with Crippen LogP contribution in [-0.2, 0) is 24.3 Å². The smallest absolute Gasteiger partial charge is 0.237 e. The molecule has 0 aliphatic carbocycles. The first-order valence-corrected chi connectivity index (χ1v) is 9.11. The molecular formula is C21H27N3O. The molecule has 0 spiro atoms. The van der Waals surface area contributed by atoms with Crippen molar-refractivity contribution >= 4 is 11.6 Å². The first-order chi connectivity index (χ1) is 12.2. The molecule has 1 aliphatic rings. The van der Waals surface area contributed by atoms with E-state index in [2.05, 4.69) is 58.7 Å². The SMILES string of the molecule is CCCC(N)C(=O)NCc1ccc(CN2CCc3ccccc32)cc1. The fourth-order valence-corrected chi connectivity index (χ4v) is 3.32. The van der Waals surface area contributed by atoms with Gasteiger partial charge in [0.25, 0.3) is 0 Å². The number of nitrogens with one attached hydrogen (secondary N) is 1. The number of carbonyl (C=O) groups excluding carboxylic acids is 1. The topological polar surface area (TPSA) is 58.4 Å². The van der Waals surface area contributed by atoms with Gasteiger partial charge in [-0.15, -0.1) is 0 Å². The molecule has 0 radical (unpaired) electrons. The molecule has 0 saturated heterocycles. The Morgan fingerprint density at radius 1 is 1.16 bits per heavy atom. The maximum absolute atomic E-state index is 11.9. The minimum atomic E-state index is -0.403. The number of nitrogens with two attached hydrogens (primary N) is 1. The normalized spacial score (nSPS) is 14.2. The van der Waals surface area contributed by atoms with Gasteiger partial charge in [-0.1, -0.05) is 55.8 Å². The van der Waals surface area contributed by atoms with Crippen LogP contribution in [0.25, 0.3) is 0 Å². The zero-order valence-electron chi connectivity index (χ0n) is 14.9. The van der Waals surface area contributed by atoms with Gasteiger partial charge in [-0.05, 0) is 35.6 Å². The summed E-state index contributed by atoms with van der Waals surface area (Å²) in [5.41, 5.74) is 11.0. The standard InChI is InChI=1S/C21H27N3O/c1-2-5-19(22)21(25)23-14-16-8-10-17(11-9-16)15-24-13-12-18-6-3-4-7-20(18)24/h3-4,6-11,19H,2,5,12-15,22H2,1H3,(H,23,25). The van der Waals surface area contributed by atoms with E-state index in [-0.39, 0.29) is 5.91 Å². The second kappa shape index (κ2) is 8.17. The van der Waals surface area contributed by atoms with Gasteiger partial charge in [0, 0.05) is 25.3 Å². The van der Waals surface area contributed by atoms with Gasteiger partial charge in [0.15, 0.2) is 0 Å². The van der Waals surface area contributed by atoms with Gasteiger partial charge >= 0.3 is 0 Å². The van der Waals surface area contributed by atoms with Crippen molar-refractivity contribution in [2.75, 3.05) is 11.4 Å². The van der Waals surface area contributed by atoms with Crippen LogP contribution >= 0.6 is 0 Å². The van der Waals surface area contributed by atoms with Crippen molar-refractivity contribution in [1.29, 1.82) is 0 Å². The highest BCUT2D eigenvalue weighted by Gasteiger charge is 2.18. The molecule has 1 heterocycles. The zero-order valence-corrected chi connectivity index (χ0v) is 14.9. The van der Waals surface area contributed by atoms with Gasteiger partial charge < -0.3 is 16.0 Å². The predicted octanol–water partition coefficient (Wildman–Crippen LogP) is 2.99. The molecule has 2 aromatic rings. The molecule has 1 unspecified atom stereocenters. The van der Waals surface area contributed by atoms with E-state index in [0.717, 1.165) is 37.9 Å². The highest BCUT2D eigenvalue weighted by molar-refractivity contribution is 5.81. The molecule has 132 valence electrons. The van der Waals surface area contributed by atoms with Crippen molar-refractivity contribution in [3.8, 4) is 0 Å². The molecule has 0 aromatic heterocycles. The van der Waals surface area contributed by atoms with E-state index in [4.69, 9.17) is 5.73 Å². The lowest BCUT2D eigenvalue weighted by atomic mass is 10.1. The molecule has 1 amide bonds. The summed E-state index contributed by atoms with van der Waals surface area (Å²) < 4.78 is 0. The number of anilines is 1. The Balaban J connectivity index is 1.54. The molecule has 3 rings (SSSR count). The Morgan fingerprint density at radius 2 is 1.88 bits per heavy atom. The number of hydrogen-bond donors (Lipinski definition) is 2. The van der Waals surface area contributed by atoms with Gasteiger partial charge in [0.2, 0.25) is 5.91 Å². The van der Waals surface area contributed by atoms with E-state index in [1.807, 2.05) is 6.92 Å². The van der Waals surface area contributed by atoms with Crippen LogP contribution in [0.15, 0.2) is 48.5 Å². The quantitative estimate of drug-likeness (QED) is 0.816. The summed E-state index contributed by atoms with van der Waals surface area (Å²) in [4.78, 5) is 14.3. The van der Waals surface area contributed by atoms with E-state index in [1.165, 1.54) is 16.8 Å². The minimum Gasteiger partial charge on any atom is -0.367 e. The van der Waals surface area contributed by atoms with Gasteiger partial charge in [-0.2, -0.15) is 0 Å². The van der Waals surface area contributed by atoms with Crippen molar-refractivity contribution in [2.24, 2.45) is 5.73 Å². The molecule has 0 saturated carbocycles. The third kappa shape index (κ3) is 4.40. The summed E-state index contributed by atoms with van der Waals surface area (Å²) in [5.74, 6) is -0.0698. The molecule has 0 bridgehead atoms. The zero-order chi connectivity index (χ0) is 17.6. The van der Waals surface area contributed by atoms with Crippen molar-refractivity contribution < 1.29 is 4.79 Å². The average Bonchev–Trinajstić information content (AvgIpc) is 3.04. The Kier molecular flexibility index (Phi) is 5.71. The lowest BCUT2D eigenvalue weighted by Gasteiger charge is -2.19. The number of benzene rings is 2. The number of amides is 1. The monoisotopic (exact) mass is 337 g/mol. The van der Waals surface area contributed by atoms with Gasteiger partial charge in [-0.25, -0.2) is 0 Å². The summed E-state index contributed by atoms with van der Waals surface area (Å²) in [6, 6.07) is 16.7. The predicted molar refractivity (Wildman–Crippen MR) is 102 cm³/mol. The van der Waals surface area contributed by atoms with Gasteiger partial charge in [-0.3, -0.25) is 4.79 Å². The lowest BCUT2D eigenvalue weighted by molar-refractivity contribution is -0.122. The van der Waals surface area contributed by atoms with Crippen LogP contribution in [0, 0.1) is 0 Å². The van der Waals surface area contributed by atoms with Crippen molar-refractivity contribution in [3.63, 3.8) is 0 Å². The van der Waals surface area contributed by atoms with Crippen LogP contribution in [0.4, 0.5) is 5.69 Å². The fourth-order valence-electron chi connectivity index (χ4n) is 3.32. The Labute approximate surface area is 150 Å². The summed E-state index contributed by atoms with van der Waals surface area (Å²) in [6.07, 6.45) is 2.77. The second-order valence-corrected chi connectivity index (χ2v) is 6.73. The van der Waals surface area contributed by atoms with Gasteiger partial charge in [0.1, 0.15) is 0 Å². The van der Waals surface area contributed by atoms with E-state index in [9.17, 15) is 4.79 Å². The van der Waals surface area contributed by atoms with Crippen LogP contribution in [0.3, 0.4) is 0 Å². The third-order valence-electron chi connectivity index (χ3n) is 4.78. The largest absolute Gasteiger partial charge is 0.367 e. The summed E-state index contributed by atoms with van der Waals surface area (Å²) in [7, 11) is 0. The van der Waals surface area contributed by atoms with Crippen molar-refractivity contribution in [3.05, 3.63) is 65.2 Å². The minimum absolute atomic E-state index is 0.0698. The number of nitrogens with zero attached hydrogens (tertiary/aromatic N) is 1. The van der Waals surface area contributed by atoms with Crippen LogP contribution < -0.4 is 16.0 Å². The molecule has 1 atom stereocenters. The molecular weight excluding hydrogens is 310 g/mol. The van der Waals surface area contributed by atoms with E-state index < -0.39 is 6.04 Å². The fraction of sp³-hybridized carbons (Fsp3) is 0.381. The third-order valence-corrected chi connectivity index (χ3v) is 4.78. The number of carbonyl (C=O) groups is 1. The Bertz CT molecular complexity index is 711.